The minimum Gasteiger partial charge on any atom is -0.475 e. The van der Waals surface area contributed by atoms with Crippen LogP contribution in [0.1, 0.15) is 0 Å². The Kier molecular flexibility index (Phi) is 8.42. The maximum atomic E-state index is 13.3. The molecule has 0 aliphatic heterocycles. The van der Waals surface area contributed by atoms with Crippen molar-refractivity contribution >= 4 is 39.0 Å². The quantitative estimate of drug-likeness (QED) is 0.372. The Hall–Kier alpha value is -3.85. The van der Waals surface area contributed by atoms with Gasteiger partial charge in [0.2, 0.25) is 10.0 Å². The summed E-state index contributed by atoms with van der Waals surface area (Å²) in [5.41, 5.74) is 0.824. The van der Waals surface area contributed by atoms with Crippen LogP contribution in [0, 0.1) is 11.6 Å². The summed E-state index contributed by atoms with van der Waals surface area (Å²) in [4.78, 5) is 17.1. The van der Waals surface area contributed by atoms with E-state index in [1.54, 1.807) is 18.2 Å². The molecule has 15 heteroatoms. The van der Waals surface area contributed by atoms with Gasteiger partial charge in [-0.2, -0.15) is 13.2 Å². The fraction of sp³-hybridized carbons (Fsp3) is 0.105. The second-order valence-corrected chi connectivity index (χ2v) is 8.09. The van der Waals surface area contributed by atoms with Crippen LogP contribution in [0.4, 0.5) is 45.0 Å². The highest BCUT2D eigenvalue weighted by atomic mass is 32.2. The third-order valence-corrected chi connectivity index (χ3v) is 5.20. The van der Waals surface area contributed by atoms with Crippen LogP contribution in [0.5, 0.6) is 0 Å². The predicted molar refractivity (Wildman–Crippen MR) is 111 cm³/mol. The Balaban J connectivity index is 0.000000509. The van der Waals surface area contributed by atoms with Gasteiger partial charge in [0.15, 0.2) is 11.6 Å². The number of halogens is 5. The average molecular weight is 505 g/mol. The summed E-state index contributed by atoms with van der Waals surface area (Å²) in [6, 6.07) is 11.1. The predicted octanol–water partition coefficient (Wildman–Crippen LogP) is 3.78. The first-order valence-electron chi connectivity index (χ1n) is 8.96. The maximum absolute atomic E-state index is 13.3. The molecule has 182 valence electrons. The number of carboxylic acid groups (broad SMARTS) is 1. The van der Waals surface area contributed by atoms with E-state index in [4.69, 9.17) is 9.90 Å². The molecule has 3 aromatic rings. The molecule has 0 saturated heterocycles. The molecule has 2 aromatic carbocycles. The Bertz CT molecular complexity index is 1270. The van der Waals surface area contributed by atoms with Crippen LogP contribution < -0.4 is 15.4 Å². The van der Waals surface area contributed by atoms with Gasteiger partial charge in [0.25, 0.3) is 0 Å². The fourth-order valence-electron chi connectivity index (χ4n) is 2.22. The maximum Gasteiger partial charge on any atom is 0.490 e. The summed E-state index contributed by atoms with van der Waals surface area (Å²) in [5, 5.41) is 12.9. The summed E-state index contributed by atoms with van der Waals surface area (Å²) in [7, 11) is -2.24. The lowest BCUT2D eigenvalue weighted by atomic mass is 10.3. The van der Waals surface area contributed by atoms with Gasteiger partial charge in [-0.05, 0) is 37.4 Å². The van der Waals surface area contributed by atoms with Crippen molar-refractivity contribution in [2.75, 3.05) is 17.7 Å². The first kappa shape index (κ1) is 26.4. The van der Waals surface area contributed by atoms with E-state index in [0.717, 1.165) is 12.1 Å². The highest BCUT2D eigenvalue weighted by Gasteiger charge is 2.38. The van der Waals surface area contributed by atoms with Crippen molar-refractivity contribution in [3.05, 3.63) is 66.5 Å². The van der Waals surface area contributed by atoms with Crippen LogP contribution >= 0.6 is 0 Å². The zero-order valence-corrected chi connectivity index (χ0v) is 17.9. The van der Waals surface area contributed by atoms with Crippen molar-refractivity contribution in [2.45, 2.75) is 11.1 Å². The van der Waals surface area contributed by atoms with Crippen molar-refractivity contribution in [1.29, 1.82) is 0 Å². The second-order valence-electron chi connectivity index (χ2n) is 6.21. The molecule has 0 atom stereocenters. The summed E-state index contributed by atoms with van der Waals surface area (Å²) in [6.07, 6.45) is -3.81. The molecule has 0 radical (unpaired) electrons. The summed E-state index contributed by atoms with van der Waals surface area (Å²) < 4.78 is 84.0. The van der Waals surface area contributed by atoms with E-state index >= 15 is 0 Å². The summed E-state index contributed by atoms with van der Waals surface area (Å²) >= 11 is 0. The van der Waals surface area contributed by atoms with Gasteiger partial charge in [0.1, 0.15) is 18.0 Å². The Morgan fingerprint density at radius 2 is 1.47 bits per heavy atom. The molecule has 0 unspecified atom stereocenters. The number of carbonyl (C=O) groups is 1. The molecule has 4 N–H and O–H groups in total. The minimum absolute atomic E-state index is 0.101. The lowest BCUT2D eigenvalue weighted by Gasteiger charge is -2.10. The van der Waals surface area contributed by atoms with Crippen LogP contribution in [0.2, 0.25) is 0 Å². The normalized spacial score (nSPS) is 11.2. The number of nitrogens with zero attached hydrogens (tertiary/aromatic N) is 2. The van der Waals surface area contributed by atoms with Gasteiger partial charge in [0, 0.05) is 23.5 Å². The van der Waals surface area contributed by atoms with Crippen molar-refractivity contribution in [3.63, 3.8) is 0 Å². The number of aromatic nitrogens is 2. The standard InChI is InChI=1S/C17H15F2N5O2S.C2HF3O2/c1-20-27(25,26)13-4-2-3-11(7-13)23-16-9-17(22-10-21-16)24-12-5-6-14(18)15(19)8-12;3-2(4,5)1(6)7/h2-10,20H,1H3,(H2,21,22,23,24);(H,6,7). The van der Waals surface area contributed by atoms with E-state index in [2.05, 4.69) is 25.3 Å². The molecule has 0 spiro atoms. The highest BCUT2D eigenvalue weighted by molar-refractivity contribution is 7.89. The average Bonchev–Trinajstić information content (AvgIpc) is 2.76. The number of sulfonamides is 1. The van der Waals surface area contributed by atoms with Gasteiger partial charge in [-0.15, -0.1) is 0 Å². The minimum atomic E-state index is -5.08. The lowest BCUT2D eigenvalue weighted by Crippen LogP contribution is -2.21. The zero-order chi connectivity index (χ0) is 25.5. The molecule has 0 amide bonds. The van der Waals surface area contributed by atoms with Gasteiger partial charge in [-0.1, -0.05) is 6.07 Å². The Morgan fingerprint density at radius 3 is 1.97 bits per heavy atom. The SMILES string of the molecule is CNS(=O)(=O)c1cccc(Nc2cc(Nc3ccc(F)c(F)c3)ncn2)c1.O=C(O)C(F)(F)F. The van der Waals surface area contributed by atoms with Crippen LogP contribution in [-0.4, -0.2) is 42.7 Å². The molecule has 1 aromatic heterocycles. The van der Waals surface area contributed by atoms with E-state index < -0.39 is 33.8 Å². The smallest absolute Gasteiger partial charge is 0.475 e. The van der Waals surface area contributed by atoms with Crippen LogP contribution in [0.3, 0.4) is 0 Å². The number of nitrogens with one attached hydrogen (secondary N) is 3. The molecule has 3 rings (SSSR count). The van der Waals surface area contributed by atoms with E-state index in [1.165, 1.54) is 31.6 Å². The van der Waals surface area contributed by atoms with Crippen LogP contribution in [0.25, 0.3) is 0 Å². The number of hydrogen-bond acceptors (Lipinski definition) is 7. The molecule has 0 bridgehead atoms. The third-order valence-electron chi connectivity index (χ3n) is 3.79. The molecule has 34 heavy (non-hydrogen) atoms. The number of carboxylic acids is 1. The lowest BCUT2D eigenvalue weighted by molar-refractivity contribution is -0.192. The summed E-state index contributed by atoms with van der Waals surface area (Å²) in [5.74, 6) is -3.95. The number of hydrogen-bond donors (Lipinski definition) is 4. The Labute approximate surface area is 189 Å². The molecular formula is C19H16F5N5O4S. The third kappa shape index (κ3) is 7.63. The van der Waals surface area contributed by atoms with E-state index in [-0.39, 0.29) is 4.90 Å². The number of alkyl halides is 3. The first-order chi connectivity index (χ1) is 15.8. The topological polar surface area (TPSA) is 133 Å². The molecule has 9 nitrogen and oxygen atoms in total. The largest absolute Gasteiger partial charge is 0.490 e. The molecular weight excluding hydrogens is 489 g/mol. The second kappa shape index (κ2) is 10.8. The van der Waals surface area contributed by atoms with Crippen molar-refractivity contribution < 1.29 is 40.3 Å². The van der Waals surface area contributed by atoms with E-state index in [1.807, 2.05) is 0 Å². The molecule has 0 fully saturated rings. The number of benzene rings is 2. The molecule has 1 heterocycles. The van der Waals surface area contributed by atoms with Crippen molar-refractivity contribution in [3.8, 4) is 0 Å². The summed E-state index contributed by atoms with van der Waals surface area (Å²) in [6.45, 7) is 0. The van der Waals surface area contributed by atoms with Gasteiger partial charge in [0.05, 0.1) is 4.90 Å². The molecule has 0 aliphatic carbocycles. The van der Waals surface area contributed by atoms with Gasteiger partial charge in [-0.25, -0.2) is 36.7 Å². The zero-order valence-electron chi connectivity index (χ0n) is 17.1. The number of rotatable bonds is 6. The first-order valence-corrected chi connectivity index (χ1v) is 10.4. The van der Waals surface area contributed by atoms with E-state index in [9.17, 15) is 30.4 Å². The van der Waals surface area contributed by atoms with Gasteiger partial charge in [-0.3, -0.25) is 0 Å². The van der Waals surface area contributed by atoms with Crippen molar-refractivity contribution in [2.24, 2.45) is 0 Å². The highest BCUT2D eigenvalue weighted by Crippen LogP contribution is 2.22. The number of aliphatic carboxylic acids is 1. The monoisotopic (exact) mass is 505 g/mol. The van der Waals surface area contributed by atoms with Crippen LogP contribution in [-0.2, 0) is 14.8 Å². The molecule has 0 saturated carbocycles. The van der Waals surface area contributed by atoms with Gasteiger partial charge < -0.3 is 15.7 Å². The van der Waals surface area contributed by atoms with Gasteiger partial charge >= 0.3 is 12.1 Å². The van der Waals surface area contributed by atoms with Crippen molar-refractivity contribution in [1.82, 2.24) is 14.7 Å². The molecule has 0 aliphatic rings. The number of anilines is 4. The Morgan fingerprint density at radius 1 is 0.912 bits per heavy atom. The van der Waals surface area contributed by atoms with Crippen LogP contribution in [0.15, 0.2) is 59.8 Å². The fourth-order valence-corrected chi connectivity index (χ4v) is 3.00. The van der Waals surface area contributed by atoms with E-state index in [0.29, 0.717) is 23.0 Å².